The molecule has 0 spiro atoms. The molecule has 0 bridgehead atoms. The highest BCUT2D eigenvalue weighted by Gasteiger charge is 2.23. The van der Waals surface area contributed by atoms with Gasteiger partial charge < -0.3 is 5.73 Å². The Morgan fingerprint density at radius 1 is 1.27 bits per heavy atom. The lowest BCUT2D eigenvalue weighted by Gasteiger charge is -2.29. The van der Waals surface area contributed by atoms with Gasteiger partial charge in [-0.15, -0.1) is 0 Å². The van der Waals surface area contributed by atoms with Crippen LogP contribution in [0.25, 0.3) is 0 Å². The molecule has 0 aliphatic heterocycles. The molecule has 2 N–H and O–H groups in total. The van der Waals surface area contributed by atoms with Gasteiger partial charge in [-0.1, -0.05) is 32.0 Å². The van der Waals surface area contributed by atoms with Crippen LogP contribution in [0.1, 0.15) is 43.9 Å². The number of hydrogen-bond acceptors (Lipinski definition) is 1. The predicted molar refractivity (Wildman–Crippen MR) is 67.2 cm³/mol. The monoisotopic (exact) mass is 205 g/mol. The van der Waals surface area contributed by atoms with Gasteiger partial charge in [0.1, 0.15) is 0 Å². The van der Waals surface area contributed by atoms with Crippen LogP contribution in [0.15, 0.2) is 18.2 Å². The van der Waals surface area contributed by atoms with Crippen LogP contribution in [0.3, 0.4) is 0 Å². The normalized spacial score (nSPS) is 14.0. The zero-order chi connectivity index (χ0) is 11.6. The first-order valence-electron chi connectivity index (χ1n) is 5.67. The van der Waals surface area contributed by atoms with Gasteiger partial charge in [-0.05, 0) is 49.3 Å². The van der Waals surface area contributed by atoms with Crippen molar-refractivity contribution in [1.82, 2.24) is 0 Å². The van der Waals surface area contributed by atoms with E-state index >= 15 is 0 Å². The van der Waals surface area contributed by atoms with Crippen LogP contribution in [-0.2, 0) is 5.41 Å². The molecular formula is C14H23N. The van der Waals surface area contributed by atoms with Crippen LogP contribution in [0, 0.1) is 13.8 Å². The number of rotatable bonds is 3. The molecule has 1 aromatic carbocycles. The average molecular weight is 205 g/mol. The van der Waals surface area contributed by atoms with Gasteiger partial charge in [0.2, 0.25) is 0 Å². The summed E-state index contributed by atoms with van der Waals surface area (Å²) in [5, 5.41) is 0. The van der Waals surface area contributed by atoms with Crippen molar-refractivity contribution < 1.29 is 0 Å². The van der Waals surface area contributed by atoms with E-state index < -0.39 is 0 Å². The van der Waals surface area contributed by atoms with Crippen molar-refractivity contribution >= 4 is 0 Å². The first kappa shape index (κ1) is 12.3. The topological polar surface area (TPSA) is 26.0 Å². The van der Waals surface area contributed by atoms with Crippen molar-refractivity contribution in [3.63, 3.8) is 0 Å². The van der Waals surface area contributed by atoms with Gasteiger partial charge in [-0.25, -0.2) is 0 Å². The van der Waals surface area contributed by atoms with Crippen LogP contribution < -0.4 is 5.73 Å². The van der Waals surface area contributed by atoms with Crippen LogP contribution in [0.2, 0.25) is 0 Å². The van der Waals surface area contributed by atoms with Gasteiger partial charge in [0, 0.05) is 6.04 Å². The van der Waals surface area contributed by atoms with E-state index in [0.717, 1.165) is 6.42 Å². The largest absolute Gasteiger partial charge is 0.328 e. The summed E-state index contributed by atoms with van der Waals surface area (Å²) in [5.41, 5.74) is 10.3. The van der Waals surface area contributed by atoms with Crippen molar-refractivity contribution in [3.8, 4) is 0 Å². The molecule has 1 heteroatoms. The maximum absolute atomic E-state index is 5.90. The summed E-state index contributed by atoms with van der Waals surface area (Å²) >= 11 is 0. The summed E-state index contributed by atoms with van der Waals surface area (Å²) in [5.74, 6) is 0. The van der Waals surface area contributed by atoms with E-state index in [1.165, 1.54) is 16.7 Å². The molecule has 1 rings (SSSR count). The molecule has 1 nitrogen and oxygen atoms in total. The highest BCUT2D eigenvalue weighted by molar-refractivity contribution is 5.37. The first-order chi connectivity index (χ1) is 6.84. The number of benzene rings is 1. The molecule has 0 fully saturated rings. The average Bonchev–Trinajstić information content (AvgIpc) is 2.07. The SMILES string of the molecule is Cc1cccc(C(C)(C)CC(C)N)c1C. The number of nitrogens with two attached hydrogens (primary N) is 1. The molecule has 0 saturated heterocycles. The smallest absolute Gasteiger partial charge is 0.00187 e. The lowest BCUT2D eigenvalue weighted by molar-refractivity contribution is 0.435. The lowest BCUT2D eigenvalue weighted by Crippen LogP contribution is -2.29. The Hall–Kier alpha value is -0.820. The summed E-state index contributed by atoms with van der Waals surface area (Å²) in [6.45, 7) is 11.0. The maximum atomic E-state index is 5.90. The summed E-state index contributed by atoms with van der Waals surface area (Å²) in [6, 6.07) is 6.78. The quantitative estimate of drug-likeness (QED) is 0.805. The fourth-order valence-corrected chi connectivity index (χ4v) is 2.40. The van der Waals surface area contributed by atoms with E-state index in [1.807, 2.05) is 0 Å². The van der Waals surface area contributed by atoms with Gasteiger partial charge in [-0.3, -0.25) is 0 Å². The second-order valence-corrected chi connectivity index (χ2v) is 5.31. The highest BCUT2D eigenvalue weighted by Crippen LogP contribution is 2.31. The third-order valence-electron chi connectivity index (χ3n) is 3.17. The van der Waals surface area contributed by atoms with Crippen molar-refractivity contribution in [2.24, 2.45) is 5.73 Å². The van der Waals surface area contributed by atoms with Crippen molar-refractivity contribution in [3.05, 3.63) is 34.9 Å². The molecule has 1 aromatic rings. The third kappa shape index (κ3) is 2.82. The Morgan fingerprint density at radius 2 is 1.87 bits per heavy atom. The molecule has 0 radical (unpaired) electrons. The minimum absolute atomic E-state index is 0.171. The molecular weight excluding hydrogens is 182 g/mol. The number of hydrogen-bond donors (Lipinski definition) is 1. The number of aryl methyl sites for hydroxylation is 1. The minimum atomic E-state index is 0.171. The van der Waals surface area contributed by atoms with E-state index in [1.54, 1.807) is 0 Å². The predicted octanol–water partition coefficient (Wildman–Crippen LogP) is 3.32. The Morgan fingerprint density at radius 3 is 2.40 bits per heavy atom. The Kier molecular flexibility index (Phi) is 3.56. The van der Waals surface area contributed by atoms with Gasteiger partial charge in [-0.2, -0.15) is 0 Å². The zero-order valence-corrected chi connectivity index (χ0v) is 10.6. The molecule has 0 aromatic heterocycles. The second-order valence-electron chi connectivity index (χ2n) is 5.31. The molecule has 0 heterocycles. The van der Waals surface area contributed by atoms with Crippen molar-refractivity contribution in [2.75, 3.05) is 0 Å². The molecule has 0 amide bonds. The fraction of sp³-hybridized carbons (Fsp3) is 0.571. The van der Waals surface area contributed by atoms with Gasteiger partial charge in [0.05, 0.1) is 0 Å². The van der Waals surface area contributed by atoms with E-state index in [0.29, 0.717) is 0 Å². The van der Waals surface area contributed by atoms with E-state index in [9.17, 15) is 0 Å². The molecule has 0 aliphatic rings. The van der Waals surface area contributed by atoms with Gasteiger partial charge in [0.15, 0.2) is 0 Å². The molecule has 1 atom stereocenters. The standard InChI is InChI=1S/C14H23N/c1-10-7-6-8-13(12(10)3)14(4,5)9-11(2)15/h6-8,11H,9,15H2,1-5H3. The maximum Gasteiger partial charge on any atom is 0.00187 e. The molecule has 1 unspecified atom stereocenters. The Labute approximate surface area is 93.7 Å². The minimum Gasteiger partial charge on any atom is -0.328 e. The van der Waals surface area contributed by atoms with Gasteiger partial charge in [0.25, 0.3) is 0 Å². The van der Waals surface area contributed by atoms with Crippen LogP contribution in [-0.4, -0.2) is 6.04 Å². The Balaban J connectivity index is 3.09. The van der Waals surface area contributed by atoms with Crippen LogP contribution >= 0.6 is 0 Å². The van der Waals surface area contributed by atoms with Crippen molar-refractivity contribution in [2.45, 2.75) is 52.5 Å². The second kappa shape index (κ2) is 4.36. The van der Waals surface area contributed by atoms with E-state index in [2.05, 4.69) is 52.8 Å². The molecule has 0 saturated carbocycles. The Bertz CT molecular complexity index is 337. The zero-order valence-electron chi connectivity index (χ0n) is 10.6. The summed E-state index contributed by atoms with van der Waals surface area (Å²) < 4.78 is 0. The third-order valence-corrected chi connectivity index (χ3v) is 3.17. The first-order valence-corrected chi connectivity index (χ1v) is 5.67. The van der Waals surface area contributed by atoms with E-state index in [4.69, 9.17) is 5.73 Å². The highest BCUT2D eigenvalue weighted by atomic mass is 14.6. The summed E-state index contributed by atoms with van der Waals surface area (Å²) in [4.78, 5) is 0. The molecule has 15 heavy (non-hydrogen) atoms. The molecule has 84 valence electrons. The van der Waals surface area contributed by atoms with Crippen LogP contribution in [0.5, 0.6) is 0 Å². The lowest BCUT2D eigenvalue weighted by atomic mass is 9.77. The summed E-state index contributed by atoms with van der Waals surface area (Å²) in [6.07, 6.45) is 1.03. The molecule has 0 aliphatic carbocycles. The van der Waals surface area contributed by atoms with Crippen molar-refractivity contribution in [1.29, 1.82) is 0 Å². The fourth-order valence-electron chi connectivity index (χ4n) is 2.40. The van der Waals surface area contributed by atoms with Crippen LogP contribution in [0.4, 0.5) is 0 Å². The van der Waals surface area contributed by atoms with E-state index in [-0.39, 0.29) is 11.5 Å². The van der Waals surface area contributed by atoms with Gasteiger partial charge >= 0.3 is 0 Å². The summed E-state index contributed by atoms with van der Waals surface area (Å²) in [7, 11) is 0.